The number of hydrogen-bond acceptors (Lipinski definition) is 5. The number of rotatable bonds is 4. The SMILES string of the molecule is CCOC(=O)Cn1nc(C)c2c1NC(=O)C[C@H]2c1cccs1. The first-order chi connectivity index (χ1) is 10.6. The molecule has 1 N–H and O–H groups in total. The van der Waals surface area contributed by atoms with Gasteiger partial charge in [0, 0.05) is 22.8 Å². The zero-order chi connectivity index (χ0) is 15.7. The Balaban J connectivity index is 1.99. The average Bonchev–Trinajstić information content (AvgIpc) is 3.08. The average molecular weight is 319 g/mol. The molecule has 116 valence electrons. The Morgan fingerprint density at radius 1 is 1.59 bits per heavy atom. The summed E-state index contributed by atoms with van der Waals surface area (Å²) in [5.41, 5.74) is 1.82. The van der Waals surface area contributed by atoms with Gasteiger partial charge in [-0.25, -0.2) is 4.68 Å². The molecule has 0 aliphatic carbocycles. The fourth-order valence-corrected chi connectivity index (χ4v) is 3.63. The van der Waals surface area contributed by atoms with Crippen molar-refractivity contribution < 1.29 is 14.3 Å². The highest BCUT2D eigenvalue weighted by atomic mass is 32.1. The maximum atomic E-state index is 12.0. The predicted molar refractivity (Wildman–Crippen MR) is 83.0 cm³/mol. The van der Waals surface area contributed by atoms with E-state index in [0.29, 0.717) is 18.8 Å². The number of aromatic nitrogens is 2. The third-order valence-corrected chi connectivity index (χ3v) is 4.63. The molecule has 22 heavy (non-hydrogen) atoms. The Hall–Kier alpha value is -2.15. The first kappa shape index (κ1) is 14.8. The van der Waals surface area contributed by atoms with Gasteiger partial charge < -0.3 is 10.1 Å². The van der Waals surface area contributed by atoms with Gasteiger partial charge in [-0.05, 0) is 25.3 Å². The van der Waals surface area contributed by atoms with Gasteiger partial charge in [-0.1, -0.05) is 6.07 Å². The van der Waals surface area contributed by atoms with Gasteiger partial charge in [0.1, 0.15) is 12.4 Å². The van der Waals surface area contributed by atoms with Crippen molar-refractivity contribution in [2.45, 2.75) is 32.7 Å². The summed E-state index contributed by atoms with van der Waals surface area (Å²) < 4.78 is 6.49. The number of esters is 1. The van der Waals surface area contributed by atoms with Crippen molar-refractivity contribution in [3.8, 4) is 0 Å². The van der Waals surface area contributed by atoms with Crippen LogP contribution in [0.15, 0.2) is 17.5 Å². The minimum atomic E-state index is -0.361. The number of hydrogen-bond donors (Lipinski definition) is 1. The van der Waals surface area contributed by atoms with Crippen molar-refractivity contribution in [2.75, 3.05) is 11.9 Å². The van der Waals surface area contributed by atoms with Crippen LogP contribution in [0.5, 0.6) is 0 Å². The Kier molecular flexibility index (Phi) is 3.98. The molecule has 7 heteroatoms. The molecule has 1 aliphatic rings. The van der Waals surface area contributed by atoms with Crippen molar-refractivity contribution in [1.29, 1.82) is 0 Å². The summed E-state index contributed by atoms with van der Waals surface area (Å²) in [4.78, 5) is 24.9. The van der Waals surface area contributed by atoms with Gasteiger partial charge in [-0.2, -0.15) is 5.10 Å². The summed E-state index contributed by atoms with van der Waals surface area (Å²) in [6.07, 6.45) is 0.402. The fourth-order valence-electron chi connectivity index (χ4n) is 2.79. The van der Waals surface area contributed by atoms with E-state index in [1.165, 1.54) is 4.68 Å². The number of fused-ring (bicyclic) bond motifs is 1. The highest BCUT2D eigenvalue weighted by Crippen LogP contribution is 2.40. The molecule has 0 radical (unpaired) electrons. The number of carbonyl (C=O) groups excluding carboxylic acids is 2. The molecule has 2 aromatic rings. The molecule has 1 aliphatic heterocycles. The third-order valence-electron chi connectivity index (χ3n) is 3.64. The van der Waals surface area contributed by atoms with Crippen LogP contribution in [0.2, 0.25) is 0 Å². The fraction of sp³-hybridized carbons (Fsp3) is 0.400. The molecular formula is C15H17N3O3S. The molecule has 0 bridgehead atoms. The van der Waals surface area contributed by atoms with Crippen molar-refractivity contribution in [3.63, 3.8) is 0 Å². The second kappa shape index (κ2) is 5.92. The quantitative estimate of drug-likeness (QED) is 0.878. The molecule has 0 fully saturated rings. The molecule has 3 heterocycles. The van der Waals surface area contributed by atoms with Crippen LogP contribution in [0, 0.1) is 6.92 Å². The van der Waals surface area contributed by atoms with Crippen LogP contribution < -0.4 is 5.32 Å². The highest BCUT2D eigenvalue weighted by molar-refractivity contribution is 7.10. The molecule has 0 spiro atoms. The lowest BCUT2D eigenvalue weighted by atomic mass is 9.91. The van der Waals surface area contributed by atoms with E-state index in [1.54, 1.807) is 18.3 Å². The Morgan fingerprint density at radius 2 is 2.41 bits per heavy atom. The minimum absolute atomic E-state index is 0.000282. The van der Waals surface area contributed by atoms with Gasteiger partial charge in [0.25, 0.3) is 0 Å². The van der Waals surface area contributed by atoms with Gasteiger partial charge in [0.05, 0.1) is 12.3 Å². The maximum absolute atomic E-state index is 12.0. The van der Waals surface area contributed by atoms with Crippen LogP contribution in [0.25, 0.3) is 0 Å². The molecule has 0 saturated carbocycles. The van der Waals surface area contributed by atoms with Crippen molar-refractivity contribution in [1.82, 2.24) is 9.78 Å². The van der Waals surface area contributed by atoms with Crippen LogP contribution in [0.4, 0.5) is 5.82 Å². The lowest BCUT2D eigenvalue weighted by Gasteiger charge is -2.23. The summed E-state index contributed by atoms with van der Waals surface area (Å²) >= 11 is 1.63. The summed E-state index contributed by atoms with van der Waals surface area (Å²) in [6.45, 7) is 3.99. The Bertz CT molecular complexity index is 706. The van der Waals surface area contributed by atoms with Gasteiger partial charge in [0.2, 0.25) is 5.91 Å². The number of thiophene rings is 1. The smallest absolute Gasteiger partial charge is 0.327 e. The van der Waals surface area contributed by atoms with Crippen LogP contribution in [0.1, 0.15) is 35.4 Å². The number of nitrogens with zero attached hydrogens (tertiary/aromatic N) is 2. The van der Waals surface area contributed by atoms with Crippen LogP contribution in [-0.2, 0) is 20.9 Å². The van der Waals surface area contributed by atoms with Gasteiger partial charge in [-0.3, -0.25) is 9.59 Å². The van der Waals surface area contributed by atoms with E-state index in [1.807, 2.05) is 24.4 Å². The van der Waals surface area contributed by atoms with E-state index >= 15 is 0 Å². The summed E-state index contributed by atoms with van der Waals surface area (Å²) in [7, 11) is 0. The Labute approximate surface area is 132 Å². The van der Waals surface area contributed by atoms with E-state index in [4.69, 9.17) is 4.74 Å². The molecule has 2 aromatic heterocycles. The normalized spacial score (nSPS) is 17.0. The van der Waals surface area contributed by atoms with E-state index < -0.39 is 0 Å². The number of ether oxygens (including phenoxy) is 1. The van der Waals surface area contributed by atoms with E-state index in [2.05, 4.69) is 10.4 Å². The number of nitrogens with one attached hydrogen (secondary N) is 1. The molecule has 1 amide bonds. The maximum Gasteiger partial charge on any atom is 0.327 e. The first-order valence-electron chi connectivity index (χ1n) is 7.16. The second-order valence-electron chi connectivity index (χ2n) is 5.13. The van der Waals surface area contributed by atoms with Crippen LogP contribution >= 0.6 is 11.3 Å². The van der Waals surface area contributed by atoms with E-state index in [-0.39, 0.29) is 24.3 Å². The largest absolute Gasteiger partial charge is 0.465 e. The third kappa shape index (κ3) is 2.64. The zero-order valence-corrected chi connectivity index (χ0v) is 13.3. The molecule has 0 unspecified atom stereocenters. The highest BCUT2D eigenvalue weighted by Gasteiger charge is 2.33. The number of aryl methyl sites for hydroxylation is 1. The standard InChI is InChI=1S/C15H17N3O3S/c1-3-21-13(20)8-18-15-14(9(2)17-18)10(7-12(19)16-15)11-5-4-6-22-11/h4-6,10H,3,7-8H2,1-2H3,(H,16,19)/t10-/m0/s1. The predicted octanol–water partition coefficient (Wildman–Crippen LogP) is 2.29. The van der Waals surface area contributed by atoms with Crippen LogP contribution in [-0.4, -0.2) is 28.3 Å². The molecule has 3 rings (SSSR count). The van der Waals surface area contributed by atoms with Gasteiger partial charge >= 0.3 is 5.97 Å². The summed E-state index contributed by atoms with van der Waals surface area (Å²) in [5, 5.41) is 9.26. The lowest BCUT2D eigenvalue weighted by molar-refractivity contribution is -0.144. The van der Waals surface area contributed by atoms with Gasteiger partial charge in [0.15, 0.2) is 0 Å². The first-order valence-corrected chi connectivity index (χ1v) is 8.04. The van der Waals surface area contributed by atoms with Gasteiger partial charge in [-0.15, -0.1) is 11.3 Å². The summed E-state index contributed by atoms with van der Waals surface area (Å²) in [5.74, 6) is 0.191. The van der Waals surface area contributed by atoms with Crippen LogP contribution in [0.3, 0.4) is 0 Å². The number of amides is 1. The molecule has 0 aromatic carbocycles. The molecular weight excluding hydrogens is 302 g/mol. The van der Waals surface area contributed by atoms with E-state index in [0.717, 1.165) is 16.1 Å². The Morgan fingerprint density at radius 3 is 3.09 bits per heavy atom. The second-order valence-corrected chi connectivity index (χ2v) is 6.11. The number of carbonyl (C=O) groups is 2. The summed E-state index contributed by atoms with van der Waals surface area (Å²) in [6, 6.07) is 4.00. The van der Waals surface area contributed by atoms with Crippen molar-refractivity contribution in [2.24, 2.45) is 0 Å². The molecule has 1 atom stereocenters. The lowest BCUT2D eigenvalue weighted by Crippen LogP contribution is -2.26. The minimum Gasteiger partial charge on any atom is -0.465 e. The molecule has 6 nitrogen and oxygen atoms in total. The van der Waals surface area contributed by atoms with Crippen molar-refractivity contribution in [3.05, 3.63) is 33.6 Å². The molecule has 0 saturated heterocycles. The van der Waals surface area contributed by atoms with E-state index in [9.17, 15) is 9.59 Å². The topological polar surface area (TPSA) is 73.2 Å². The van der Waals surface area contributed by atoms with Crippen molar-refractivity contribution >= 4 is 29.0 Å². The number of anilines is 1. The zero-order valence-electron chi connectivity index (χ0n) is 12.5. The monoisotopic (exact) mass is 319 g/mol.